The van der Waals surface area contributed by atoms with Gasteiger partial charge in [0.15, 0.2) is 5.69 Å². The Morgan fingerprint density at radius 1 is 1.15 bits per heavy atom. The van der Waals surface area contributed by atoms with Crippen LogP contribution in [0, 0.1) is 6.92 Å². The Hall–Kier alpha value is -2.63. The van der Waals surface area contributed by atoms with Crippen LogP contribution in [-0.4, -0.2) is 28.6 Å². The smallest absolute Gasteiger partial charge is 0.273 e. The number of rotatable bonds is 3. The van der Waals surface area contributed by atoms with E-state index in [4.69, 9.17) is 0 Å². The van der Waals surface area contributed by atoms with Gasteiger partial charge in [-0.3, -0.25) is 14.3 Å². The van der Waals surface area contributed by atoms with Gasteiger partial charge >= 0.3 is 0 Å². The van der Waals surface area contributed by atoms with Crippen molar-refractivity contribution >= 4 is 17.5 Å². The highest BCUT2D eigenvalue weighted by Crippen LogP contribution is 2.15. The highest BCUT2D eigenvalue weighted by molar-refractivity contribution is 6.08. The third-order valence-corrected chi connectivity index (χ3v) is 2.83. The van der Waals surface area contributed by atoms with E-state index < -0.39 is 0 Å². The third-order valence-electron chi connectivity index (χ3n) is 2.83. The van der Waals surface area contributed by atoms with Gasteiger partial charge in [0.25, 0.3) is 11.8 Å². The lowest BCUT2D eigenvalue weighted by Crippen LogP contribution is -2.21. The Morgan fingerprint density at radius 3 is 2.40 bits per heavy atom. The quantitative estimate of drug-likeness (QED) is 0.885. The van der Waals surface area contributed by atoms with E-state index in [0.29, 0.717) is 11.3 Å². The number of hydrogen-bond donors (Lipinski definition) is 2. The fourth-order valence-corrected chi connectivity index (χ4v) is 1.77. The van der Waals surface area contributed by atoms with Crippen molar-refractivity contribution in [3.63, 3.8) is 0 Å². The van der Waals surface area contributed by atoms with Crippen molar-refractivity contribution in [3.05, 3.63) is 47.3 Å². The normalized spacial score (nSPS) is 10.2. The standard InChI is InChI=1S/C14H16N4O2/c1-9-4-6-10(7-5-9)13(19)16-11-8-18(3)17-12(11)14(20)15-2/h4-8H,1-3H3,(H,15,20)(H,16,19). The summed E-state index contributed by atoms with van der Waals surface area (Å²) in [6.45, 7) is 1.95. The Labute approximate surface area is 116 Å². The van der Waals surface area contributed by atoms with Crippen LogP contribution in [0.25, 0.3) is 0 Å². The summed E-state index contributed by atoms with van der Waals surface area (Å²) in [6.07, 6.45) is 1.59. The molecule has 0 aliphatic heterocycles. The van der Waals surface area contributed by atoms with Crippen LogP contribution in [0.4, 0.5) is 5.69 Å². The number of anilines is 1. The number of aryl methyl sites for hydroxylation is 2. The summed E-state index contributed by atoms with van der Waals surface area (Å²) in [4.78, 5) is 23.8. The molecule has 1 heterocycles. The second-order valence-corrected chi connectivity index (χ2v) is 4.46. The van der Waals surface area contributed by atoms with Crippen molar-refractivity contribution in [2.75, 3.05) is 12.4 Å². The van der Waals surface area contributed by atoms with Crippen LogP contribution in [0.5, 0.6) is 0 Å². The van der Waals surface area contributed by atoms with Gasteiger partial charge in [0.05, 0.1) is 5.69 Å². The second kappa shape index (κ2) is 5.56. The van der Waals surface area contributed by atoms with Crippen LogP contribution >= 0.6 is 0 Å². The predicted molar refractivity (Wildman–Crippen MR) is 75.7 cm³/mol. The molecule has 2 N–H and O–H groups in total. The second-order valence-electron chi connectivity index (χ2n) is 4.46. The first-order chi connectivity index (χ1) is 9.51. The van der Waals surface area contributed by atoms with Crippen molar-refractivity contribution in [1.29, 1.82) is 0 Å². The number of benzene rings is 1. The molecular weight excluding hydrogens is 256 g/mol. The predicted octanol–water partition coefficient (Wildman–Crippen LogP) is 1.34. The number of carbonyl (C=O) groups excluding carboxylic acids is 2. The van der Waals surface area contributed by atoms with Gasteiger partial charge < -0.3 is 10.6 Å². The van der Waals surface area contributed by atoms with E-state index >= 15 is 0 Å². The minimum Gasteiger partial charge on any atom is -0.354 e. The molecule has 2 rings (SSSR count). The molecule has 0 fully saturated rings. The van der Waals surface area contributed by atoms with Crippen molar-refractivity contribution in [2.24, 2.45) is 7.05 Å². The molecule has 6 heteroatoms. The molecule has 0 radical (unpaired) electrons. The average molecular weight is 272 g/mol. The van der Waals surface area contributed by atoms with E-state index in [-0.39, 0.29) is 17.5 Å². The topological polar surface area (TPSA) is 76.0 Å². The van der Waals surface area contributed by atoms with Crippen LogP contribution in [0.3, 0.4) is 0 Å². The maximum absolute atomic E-state index is 12.1. The first kappa shape index (κ1) is 13.8. The van der Waals surface area contributed by atoms with Gasteiger partial charge in [0.1, 0.15) is 0 Å². The average Bonchev–Trinajstić information content (AvgIpc) is 2.79. The van der Waals surface area contributed by atoms with Gasteiger partial charge in [-0.15, -0.1) is 0 Å². The van der Waals surface area contributed by atoms with Crippen LogP contribution in [0.1, 0.15) is 26.4 Å². The molecule has 0 aliphatic carbocycles. The Bertz CT molecular complexity index is 644. The lowest BCUT2D eigenvalue weighted by molar-refractivity contribution is 0.0958. The molecule has 0 bridgehead atoms. The van der Waals surface area contributed by atoms with E-state index in [1.165, 1.54) is 11.7 Å². The fraction of sp³-hybridized carbons (Fsp3) is 0.214. The molecule has 0 aliphatic rings. The molecule has 20 heavy (non-hydrogen) atoms. The first-order valence-electron chi connectivity index (χ1n) is 6.15. The van der Waals surface area contributed by atoms with E-state index in [9.17, 15) is 9.59 Å². The van der Waals surface area contributed by atoms with E-state index in [1.54, 1.807) is 25.4 Å². The lowest BCUT2D eigenvalue weighted by Gasteiger charge is -2.05. The Balaban J connectivity index is 2.23. The zero-order chi connectivity index (χ0) is 14.7. The number of nitrogens with zero attached hydrogens (tertiary/aromatic N) is 2. The zero-order valence-electron chi connectivity index (χ0n) is 11.6. The number of aromatic nitrogens is 2. The lowest BCUT2D eigenvalue weighted by atomic mass is 10.1. The van der Waals surface area contributed by atoms with Gasteiger partial charge in [-0.25, -0.2) is 0 Å². The maximum atomic E-state index is 12.1. The highest BCUT2D eigenvalue weighted by atomic mass is 16.2. The van der Waals surface area contributed by atoms with Crippen LogP contribution < -0.4 is 10.6 Å². The van der Waals surface area contributed by atoms with Crippen LogP contribution in [0.15, 0.2) is 30.5 Å². The number of amides is 2. The molecule has 6 nitrogen and oxygen atoms in total. The maximum Gasteiger partial charge on any atom is 0.273 e. The summed E-state index contributed by atoms with van der Waals surface area (Å²) < 4.78 is 1.48. The molecule has 0 unspecified atom stereocenters. The largest absolute Gasteiger partial charge is 0.354 e. The Kier molecular flexibility index (Phi) is 3.84. The summed E-state index contributed by atoms with van der Waals surface area (Å²) in [6, 6.07) is 7.19. The van der Waals surface area contributed by atoms with Crippen molar-refractivity contribution < 1.29 is 9.59 Å². The third kappa shape index (κ3) is 2.85. The molecule has 104 valence electrons. The first-order valence-corrected chi connectivity index (χ1v) is 6.15. The van der Waals surface area contributed by atoms with Crippen LogP contribution in [0.2, 0.25) is 0 Å². The minimum absolute atomic E-state index is 0.190. The highest BCUT2D eigenvalue weighted by Gasteiger charge is 2.17. The van der Waals surface area contributed by atoms with E-state index in [1.807, 2.05) is 19.1 Å². The number of nitrogens with one attached hydrogen (secondary N) is 2. The molecule has 0 saturated heterocycles. The fourth-order valence-electron chi connectivity index (χ4n) is 1.77. The molecule has 0 saturated carbocycles. The Morgan fingerprint density at radius 2 is 1.80 bits per heavy atom. The minimum atomic E-state index is -0.343. The van der Waals surface area contributed by atoms with Crippen LogP contribution in [-0.2, 0) is 7.05 Å². The van der Waals surface area contributed by atoms with E-state index in [2.05, 4.69) is 15.7 Å². The summed E-state index contributed by atoms with van der Waals surface area (Å²) in [7, 11) is 3.20. The van der Waals surface area contributed by atoms with Gasteiger partial charge in [-0.1, -0.05) is 17.7 Å². The molecule has 1 aromatic carbocycles. The molecular formula is C14H16N4O2. The zero-order valence-corrected chi connectivity index (χ0v) is 11.6. The van der Waals surface area contributed by atoms with Crippen molar-refractivity contribution in [3.8, 4) is 0 Å². The molecule has 0 spiro atoms. The molecule has 2 amide bonds. The van der Waals surface area contributed by atoms with Crippen molar-refractivity contribution in [2.45, 2.75) is 6.92 Å². The summed E-state index contributed by atoms with van der Waals surface area (Å²) in [5.74, 6) is -0.618. The van der Waals surface area contributed by atoms with Gasteiger partial charge in [0.2, 0.25) is 0 Å². The summed E-state index contributed by atoms with van der Waals surface area (Å²) in [5, 5.41) is 9.22. The SMILES string of the molecule is CNC(=O)c1nn(C)cc1NC(=O)c1ccc(C)cc1. The van der Waals surface area contributed by atoms with Gasteiger partial charge in [-0.2, -0.15) is 5.10 Å². The number of carbonyl (C=O) groups is 2. The summed E-state index contributed by atoms with van der Waals surface area (Å²) in [5.41, 5.74) is 2.18. The van der Waals surface area contributed by atoms with Gasteiger partial charge in [0, 0.05) is 25.9 Å². The molecule has 2 aromatic rings. The summed E-state index contributed by atoms with van der Waals surface area (Å²) >= 11 is 0. The van der Waals surface area contributed by atoms with Crippen molar-refractivity contribution in [1.82, 2.24) is 15.1 Å². The van der Waals surface area contributed by atoms with Gasteiger partial charge in [-0.05, 0) is 19.1 Å². The molecule has 0 atom stereocenters. The van der Waals surface area contributed by atoms with E-state index in [0.717, 1.165) is 5.56 Å². The molecule has 1 aromatic heterocycles. The number of hydrogen-bond acceptors (Lipinski definition) is 3. The monoisotopic (exact) mass is 272 g/mol.